The van der Waals surface area contributed by atoms with Gasteiger partial charge in [-0.2, -0.15) is 5.26 Å². The molecule has 1 atom stereocenters. The van der Waals surface area contributed by atoms with Gasteiger partial charge in [-0.05, 0) is 37.1 Å². The fourth-order valence-electron chi connectivity index (χ4n) is 5.14. The molecule has 0 saturated carbocycles. The molecule has 7 heteroatoms. The Balaban J connectivity index is 1.91. The molecule has 1 spiro atoms. The van der Waals surface area contributed by atoms with Crippen LogP contribution in [0.1, 0.15) is 24.8 Å². The van der Waals surface area contributed by atoms with Crippen LogP contribution in [-0.4, -0.2) is 18.7 Å². The number of nitriles is 1. The van der Waals surface area contributed by atoms with Gasteiger partial charge in [-0.3, -0.25) is 14.5 Å². The number of allylic oxidation sites excluding steroid dienone is 1. The van der Waals surface area contributed by atoms with Crippen molar-refractivity contribution in [3.05, 3.63) is 81.2 Å². The van der Waals surface area contributed by atoms with Gasteiger partial charge in [0.15, 0.2) is 5.78 Å². The van der Waals surface area contributed by atoms with Crippen molar-refractivity contribution in [1.82, 2.24) is 0 Å². The van der Waals surface area contributed by atoms with Gasteiger partial charge in [0.2, 0.25) is 5.91 Å². The lowest BCUT2D eigenvalue weighted by Gasteiger charge is -2.43. The average molecular weight is 475 g/mol. The number of nitrogens with two attached hydrogens (primary N) is 1. The fourth-order valence-corrected chi connectivity index (χ4v) is 5.53. The topological polar surface area (TPSA) is 90.4 Å². The number of benzene rings is 2. The minimum atomic E-state index is -1.50. The molecule has 0 saturated heterocycles. The summed E-state index contributed by atoms with van der Waals surface area (Å²) in [5.74, 6) is -0.239. The van der Waals surface area contributed by atoms with Crippen molar-refractivity contribution in [3.63, 3.8) is 0 Å². The van der Waals surface area contributed by atoms with Crippen molar-refractivity contribution in [1.29, 1.82) is 5.26 Å². The second kappa shape index (κ2) is 6.82. The number of carbonyl (C=O) groups is 2. The van der Waals surface area contributed by atoms with Gasteiger partial charge in [0.05, 0.1) is 5.57 Å². The second-order valence-corrected chi connectivity index (χ2v) is 8.83. The first-order valence-corrected chi connectivity index (χ1v) is 10.8. The lowest BCUT2D eigenvalue weighted by molar-refractivity contribution is -0.124. The second-order valence-electron chi connectivity index (χ2n) is 7.92. The summed E-state index contributed by atoms with van der Waals surface area (Å²) in [7, 11) is 1.68. The average Bonchev–Trinajstić information content (AvgIpc) is 2.97. The van der Waals surface area contributed by atoms with Gasteiger partial charge in [0.25, 0.3) is 0 Å². The Morgan fingerprint density at radius 3 is 2.65 bits per heavy atom. The Labute approximate surface area is 188 Å². The van der Waals surface area contributed by atoms with Crippen LogP contribution < -0.4 is 15.5 Å². The van der Waals surface area contributed by atoms with Crippen LogP contribution in [0.3, 0.4) is 0 Å². The Hall–Kier alpha value is -3.37. The molecule has 3 aliphatic rings. The minimum absolute atomic E-state index is 0.100. The van der Waals surface area contributed by atoms with Crippen LogP contribution in [0.15, 0.2) is 75.7 Å². The highest BCUT2D eigenvalue weighted by atomic mass is 79.9. The number of likely N-dealkylation sites (N-methyl/N-ethyl adjacent to an activating group) is 1. The molecule has 1 aliphatic carbocycles. The van der Waals surface area contributed by atoms with Gasteiger partial charge < -0.3 is 10.6 Å². The summed E-state index contributed by atoms with van der Waals surface area (Å²) >= 11 is 3.49. The maximum atomic E-state index is 13.8. The number of fused-ring (bicyclic) bond motifs is 3. The molecule has 0 unspecified atom stereocenters. The van der Waals surface area contributed by atoms with Crippen LogP contribution in [0.5, 0.6) is 0 Å². The summed E-state index contributed by atoms with van der Waals surface area (Å²) in [5.41, 5.74) is 8.38. The van der Waals surface area contributed by atoms with Crippen molar-refractivity contribution in [3.8, 4) is 6.07 Å². The molecule has 2 N–H and O–H groups in total. The number of amides is 1. The molecule has 2 aromatic rings. The number of halogens is 1. The van der Waals surface area contributed by atoms with E-state index in [1.54, 1.807) is 11.9 Å². The number of carbonyl (C=O) groups excluding carboxylic acids is 2. The zero-order valence-corrected chi connectivity index (χ0v) is 18.4. The summed E-state index contributed by atoms with van der Waals surface area (Å²) in [6.45, 7) is 0. The number of nitrogens with zero attached hydrogens (tertiary/aromatic N) is 3. The Morgan fingerprint density at radius 2 is 1.90 bits per heavy atom. The maximum absolute atomic E-state index is 13.8. The predicted octanol–water partition coefficient (Wildman–Crippen LogP) is 3.88. The molecule has 0 radical (unpaired) electrons. The van der Waals surface area contributed by atoms with E-state index >= 15 is 0 Å². The number of hydrogen-bond donors (Lipinski definition) is 1. The summed E-state index contributed by atoms with van der Waals surface area (Å²) in [6, 6.07) is 17.1. The number of ketones is 1. The Kier molecular flexibility index (Phi) is 4.31. The van der Waals surface area contributed by atoms with E-state index in [1.807, 2.05) is 48.5 Å². The first-order chi connectivity index (χ1) is 14.9. The van der Waals surface area contributed by atoms with E-state index in [0.717, 1.165) is 10.2 Å². The molecule has 2 heterocycles. The fraction of sp³-hybridized carbons (Fsp3) is 0.208. The predicted molar refractivity (Wildman–Crippen MR) is 121 cm³/mol. The third kappa shape index (κ3) is 2.42. The van der Waals surface area contributed by atoms with Crippen LogP contribution in [-0.2, 0) is 15.0 Å². The van der Waals surface area contributed by atoms with Gasteiger partial charge in [-0.25, -0.2) is 0 Å². The van der Waals surface area contributed by atoms with Crippen LogP contribution in [0.25, 0.3) is 0 Å². The monoisotopic (exact) mass is 474 g/mol. The van der Waals surface area contributed by atoms with E-state index in [-0.39, 0.29) is 23.1 Å². The van der Waals surface area contributed by atoms with Crippen LogP contribution >= 0.6 is 15.9 Å². The number of para-hydroxylation sites is 1. The van der Waals surface area contributed by atoms with Crippen molar-refractivity contribution >= 4 is 39.0 Å². The van der Waals surface area contributed by atoms with Crippen molar-refractivity contribution in [2.75, 3.05) is 16.8 Å². The standard InChI is InChI=1S/C24H19BrN4O2/c1-28-18-9-3-2-8-16(18)24(23(28)31)17(13-26)22(27)29(15-7-4-6-14(25)12-15)19-10-5-11-20(30)21(19)24/h2-4,6-9,12H,5,10-11,27H2,1H3/t24-/m0/s1. The highest BCUT2D eigenvalue weighted by Gasteiger charge is 2.61. The lowest BCUT2D eigenvalue weighted by Crippen LogP contribution is -2.52. The SMILES string of the molecule is CN1C(=O)[C@]2(C(C#N)=C(N)N(c3cccc(Br)c3)C3=C2C(=O)CCC3)c2ccccc21. The number of Topliss-reactive ketones (excluding diaryl/α,β-unsaturated/α-hetero) is 1. The molecule has 31 heavy (non-hydrogen) atoms. The number of anilines is 2. The van der Waals surface area contributed by atoms with E-state index in [0.29, 0.717) is 41.8 Å². The molecule has 0 fully saturated rings. The van der Waals surface area contributed by atoms with Gasteiger partial charge in [-0.15, -0.1) is 0 Å². The third-order valence-corrected chi connectivity index (χ3v) is 6.87. The van der Waals surface area contributed by atoms with E-state index in [2.05, 4.69) is 22.0 Å². The highest BCUT2D eigenvalue weighted by Crippen LogP contribution is 2.56. The quantitative estimate of drug-likeness (QED) is 0.676. The molecule has 154 valence electrons. The number of hydrogen-bond acceptors (Lipinski definition) is 5. The summed E-state index contributed by atoms with van der Waals surface area (Å²) in [6.07, 6.45) is 1.59. The third-order valence-electron chi connectivity index (χ3n) is 6.37. The summed E-state index contributed by atoms with van der Waals surface area (Å²) < 4.78 is 0.850. The molecule has 1 amide bonds. The largest absolute Gasteiger partial charge is 0.384 e. The lowest BCUT2D eigenvalue weighted by atomic mass is 9.64. The molecule has 0 bridgehead atoms. The van der Waals surface area contributed by atoms with Gasteiger partial charge in [0, 0.05) is 46.1 Å². The highest BCUT2D eigenvalue weighted by molar-refractivity contribution is 9.10. The normalized spacial score (nSPS) is 22.7. The van der Waals surface area contributed by atoms with Gasteiger partial charge in [-0.1, -0.05) is 40.2 Å². The van der Waals surface area contributed by atoms with Crippen LogP contribution in [0.2, 0.25) is 0 Å². The van der Waals surface area contributed by atoms with E-state index in [4.69, 9.17) is 5.73 Å². The van der Waals surface area contributed by atoms with E-state index in [1.165, 1.54) is 4.90 Å². The molecule has 5 rings (SSSR count). The zero-order valence-electron chi connectivity index (χ0n) is 16.9. The Bertz CT molecular complexity index is 1270. The van der Waals surface area contributed by atoms with Crippen molar-refractivity contribution in [2.24, 2.45) is 5.73 Å². The van der Waals surface area contributed by atoms with Gasteiger partial charge in [0.1, 0.15) is 17.3 Å². The Morgan fingerprint density at radius 1 is 1.13 bits per heavy atom. The van der Waals surface area contributed by atoms with Crippen LogP contribution in [0.4, 0.5) is 11.4 Å². The maximum Gasteiger partial charge on any atom is 0.247 e. The van der Waals surface area contributed by atoms with Crippen molar-refractivity contribution < 1.29 is 9.59 Å². The summed E-state index contributed by atoms with van der Waals surface area (Å²) in [4.78, 5) is 30.6. The molecule has 2 aromatic carbocycles. The first kappa shape index (κ1) is 19.6. The molecular formula is C24H19BrN4O2. The van der Waals surface area contributed by atoms with Gasteiger partial charge >= 0.3 is 0 Å². The molecule has 0 aromatic heterocycles. The smallest absolute Gasteiger partial charge is 0.247 e. The van der Waals surface area contributed by atoms with Crippen LogP contribution in [0, 0.1) is 11.3 Å². The van der Waals surface area contributed by atoms with E-state index in [9.17, 15) is 14.9 Å². The summed E-state index contributed by atoms with van der Waals surface area (Å²) in [5, 5.41) is 10.3. The zero-order chi connectivity index (χ0) is 21.9. The van der Waals surface area contributed by atoms with Crippen molar-refractivity contribution in [2.45, 2.75) is 24.7 Å². The van der Waals surface area contributed by atoms with E-state index < -0.39 is 5.41 Å². The molecule has 6 nitrogen and oxygen atoms in total. The first-order valence-electron chi connectivity index (χ1n) is 10.0. The molecule has 2 aliphatic heterocycles. The number of rotatable bonds is 1. The molecular weight excluding hydrogens is 456 g/mol. The minimum Gasteiger partial charge on any atom is -0.384 e.